The summed E-state index contributed by atoms with van der Waals surface area (Å²) in [5.41, 5.74) is 1.12. The van der Waals surface area contributed by atoms with Crippen LogP contribution in [0, 0.1) is 5.82 Å². The number of sulfonamides is 1. The molecule has 1 amide bonds. The lowest BCUT2D eigenvalue weighted by Crippen LogP contribution is -2.31. The second kappa shape index (κ2) is 9.80. The number of amides is 1. The molecular formula is C22H25FN2O3S. The Morgan fingerprint density at radius 1 is 1.00 bits per heavy atom. The quantitative estimate of drug-likeness (QED) is 0.730. The van der Waals surface area contributed by atoms with Gasteiger partial charge in [0.1, 0.15) is 5.82 Å². The molecule has 0 unspecified atom stereocenters. The molecule has 0 radical (unpaired) electrons. The van der Waals surface area contributed by atoms with Gasteiger partial charge in [-0.2, -0.15) is 4.31 Å². The van der Waals surface area contributed by atoms with Gasteiger partial charge in [0.2, 0.25) is 15.9 Å². The minimum atomic E-state index is -3.48. The van der Waals surface area contributed by atoms with E-state index in [0.717, 1.165) is 25.7 Å². The van der Waals surface area contributed by atoms with Gasteiger partial charge in [0.05, 0.1) is 4.90 Å². The monoisotopic (exact) mass is 416 g/mol. The minimum Gasteiger partial charge on any atom is -0.348 e. The number of carbonyl (C=O) groups excluding carboxylic acids is 1. The summed E-state index contributed by atoms with van der Waals surface area (Å²) in [6.45, 7) is 1.22. The number of carbonyl (C=O) groups is 1. The maximum absolute atomic E-state index is 13.6. The predicted octanol–water partition coefficient (Wildman–Crippen LogP) is 3.72. The molecule has 0 aromatic heterocycles. The van der Waals surface area contributed by atoms with Crippen LogP contribution in [0.3, 0.4) is 0 Å². The van der Waals surface area contributed by atoms with E-state index in [0.29, 0.717) is 24.2 Å². The van der Waals surface area contributed by atoms with Crippen molar-refractivity contribution in [3.8, 4) is 0 Å². The Labute approximate surface area is 171 Å². The van der Waals surface area contributed by atoms with Crippen molar-refractivity contribution in [1.82, 2.24) is 9.62 Å². The first-order valence-corrected chi connectivity index (χ1v) is 11.2. The zero-order valence-corrected chi connectivity index (χ0v) is 17.0. The molecule has 5 nitrogen and oxygen atoms in total. The zero-order valence-electron chi connectivity index (χ0n) is 16.2. The Hall–Kier alpha value is -2.51. The Kier molecular flexibility index (Phi) is 7.17. The van der Waals surface area contributed by atoms with Gasteiger partial charge < -0.3 is 5.32 Å². The molecule has 0 aliphatic carbocycles. The molecule has 154 valence electrons. The third-order valence-corrected chi connectivity index (χ3v) is 6.83. The van der Waals surface area contributed by atoms with Crippen LogP contribution in [0.5, 0.6) is 0 Å². The van der Waals surface area contributed by atoms with Crippen molar-refractivity contribution < 1.29 is 17.6 Å². The fraction of sp³-hybridized carbons (Fsp3) is 0.318. The molecule has 0 bridgehead atoms. The van der Waals surface area contributed by atoms with Crippen molar-refractivity contribution in [2.75, 3.05) is 13.1 Å². The van der Waals surface area contributed by atoms with Crippen LogP contribution in [-0.2, 0) is 21.4 Å². The van der Waals surface area contributed by atoms with Gasteiger partial charge in [-0.25, -0.2) is 12.8 Å². The summed E-state index contributed by atoms with van der Waals surface area (Å²) < 4.78 is 40.7. The Morgan fingerprint density at radius 2 is 1.66 bits per heavy atom. The van der Waals surface area contributed by atoms with Crippen LogP contribution in [0.15, 0.2) is 59.5 Å². The summed E-state index contributed by atoms with van der Waals surface area (Å²) in [5, 5.41) is 2.63. The van der Waals surface area contributed by atoms with Crippen LogP contribution in [0.2, 0.25) is 0 Å². The van der Waals surface area contributed by atoms with E-state index in [1.807, 2.05) is 0 Å². The Balaban J connectivity index is 1.59. The molecule has 1 fully saturated rings. The van der Waals surface area contributed by atoms with Gasteiger partial charge in [0.25, 0.3) is 0 Å². The second-order valence-electron chi connectivity index (χ2n) is 7.03. The number of halogens is 1. The molecule has 1 aliphatic rings. The summed E-state index contributed by atoms with van der Waals surface area (Å²) in [5.74, 6) is -0.715. The van der Waals surface area contributed by atoms with Gasteiger partial charge in [-0.1, -0.05) is 43.2 Å². The molecule has 29 heavy (non-hydrogen) atoms. The summed E-state index contributed by atoms with van der Waals surface area (Å²) in [6, 6.07) is 12.7. The number of hydrogen-bond acceptors (Lipinski definition) is 3. The number of rotatable bonds is 6. The van der Waals surface area contributed by atoms with Crippen LogP contribution >= 0.6 is 0 Å². The molecular weight excluding hydrogens is 391 g/mol. The zero-order chi connectivity index (χ0) is 20.7. The summed E-state index contributed by atoms with van der Waals surface area (Å²) in [6.07, 6.45) is 6.85. The van der Waals surface area contributed by atoms with E-state index < -0.39 is 10.0 Å². The lowest BCUT2D eigenvalue weighted by atomic mass is 10.2. The van der Waals surface area contributed by atoms with Crippen LogP contribution in [-0.4, -0.2) is 31.7 Å². The van der Waals surface area contributed by atoms with E-state index in [-0.39, 0.29) is 23.2 Å². The first-order chi connectivity index (χ1) is 14.0. The van der Waals surface area contributed by atoms with Gasteiger partial charge in [0.15, 0.2) is 0 Å². The molecule has 0 saturated carbocycles. The number of nitrogens with zero attached hydrogens (tertiary/aromatic N) is 1. The van der Waals surface area contributed by atoms with Gasteiger partial charge in [-0.3, -0.25) is 4.79 Å². The summed E-state index contributed by atoms with van der Waals surface area (Å²) in [7, 11) is -3.48. The van der Waals surface area contributed by atoms with Gasteiger partial charge in [0, 0.05) is 31.3 Å². The van der Waals surface area contributed by atoms with Crippen LogP contribution < -0.4 is 5.32 Å². The number of nitrogens with one attached hydrogen (secondary N) is 1. The second-order valence-corrected chi connectivity index (χ2v) is 8.97. The van der Waals surface area contributed by atoms with Gasteiger partial charge >= 0.3 is 0 Å². The molecule has 0 spiro atoms. The van der Waals surface area contributed by atoms with E-state index in [9.17, 15) is 17.6 Å². The standard InChI is InChI=1S/C22H25FN2O3S/c23-21-8-4-3-7-19(21)17-24-22(26)14-11-18-9-12-20(13-10-18)29(27,28)25-15-5-1-2-6-16-25/h3-4,7-14H,1-2,5-6,15-17H2,(H,24,26)/b14-11+. The molecule has 0 atom stereocenters. The highest BCUT2D eigenvalue weighted by Gasteiger charge is 2.24. The SMILES string of the molecule is O=C(/C=C/c1ccc(S(=O)(=O)N2CCCCCC2)cc1)NCc1ccccc1F. The Morgan fingerprint density at radius 3 is 2.31 bits per heavy atom. The Bertz CT molecular complexity index is 964. The molecule has 1 aliphatic heterocycles. The largest absolute Gasteiger partial charge is 0.348 e. The average Bonchev–Trinajstić information content (AvgIpc) is 3.02. The lowest BCUT2D eigenvalue weighted by Gasteiger charge is -2.19. The highest BCUT2D eigenvalue weighted by atomic mass is 32.2. The first-order valence-electron chi connectivity index (χ1n) is 9.76. The lowest BCUT2D eigenvalue weighted by molar-refractivity contribution is -0.116. The van der Waals surface area contributed by atoms with Crippen molar-refractivity contribution in [3.63, 3.8) is 0 Å². The average molecular weight is 417 g/mol. The van der Waals surface area contributed by atoms with E-state index in [1.165, 1.54) is 12.1 Å². The molecule has 2 aromatic rings. The maximum atomic E-state index is 13.6. The molecule has 1 N–H and O–H groups in total. The smallest absolute Gasteiger partial charge is 0.244 e. The molecule has 2 aromatic carbocycles. The summed E-state index contributed by atoms with van der Waals surface area (Å²) >= 11 is 0. The first kappa shape index (κ1) is 21.2. The molecule has 3 rings (SSSR count). The van der Waals surface area contributed by atoms with Crippen molar-refractivity contribution in [1.29, 1.82) is 0 Å². The highest BCUT2D eigenvalue weighted by Crippen LogP contribution is 2.21. The van der Waals surface area contributed by atoms with E-state index >= 15 is 0 Å². The topological polar surface area (TPSA) is 66.5 Å². The predicted molar refractivity (Wildman–Crippen MR) is 111 cm³/mol. The van der Waals surface area contributed by atoms with E-state index in [1.54, 1.807) is 52.8 Å². The normalized spacial score (nSPS) is 15.9. The highest BCUT2D eigenvalue weighted by molar-refractivity contribution is 7.89. The maximum Gasteiger partial charge on any atom is 0.244 e. The third kappa shape index (κ3) is 5.74. The molecule has 1 saturated heterocycles. The number of hydrogen-bond donors (Lipinski definition) is 1. The van der Waals surface area contributed by atoms with E-state index in [4.69, 9.17) is 0 Å². The van der Waals surface area contributed by atoms with Crippen LogP contribution in [0.25, 0.3) is 6.08 Å². The molecule has 1 heterocycles. The molecule has 7 heteroatoms. The van der Waals surface area contributed by atoms with Crippen molar-refractivity contribution in [3.05, 3.63) is 71.6 Å². The van der Waals surface area contributed by atoms with Crippen molar-refractivity contribution >= 4 is 22.0 Å². The minimum absolute atomic E-state index is 0.100. The third-order valence-electron chi connectivity index (χ3n) is 4.92. The fourth-order valence-corrected chi connectivity index (χ4v) is 4.75. The van der Waals surface area contributed by atoms with E-state index in [2.05, 4.69) is 5.32 Å². The van der Waals surface area contributed by atoms with Gasteiger partial charge in [-0.15, -0.1) is 0 Å². The fourth-order valence-electron chi connectivity index (χ4n) is 3.24. The summed E-state index contributed by atoms with van der Waals surface area (Å²) in [4.78, 5) is 12.2. The van der Waals surface area contributed by atoms with Crippen LogP contribution in [0.4, 0.5) is 4.39 Å². The van der Waals surface area contributed by atoms with Crippen molar-refractivity contribution in [2.24, 2.45) is 0 Å². The van der Waals surface area contributed by atoms with Gasteiger partial charge in [-0.05, 0) is 42.7 Å². The number of benzene rings is 2. The van der Waals surface area contributed by atoms with Crippen molar-refractivity contribution in [2.45, 2.75) is 37.1 Å². The van der Waals surface area contributed by atoms with Crippen LogP contribution in [0.1, 0.15) is 36.8 Å².